The van der Waals surface area contributed by atoms with Crippen LogP contribution in [-0.2, 0) is 10.0 Å². The average molecular weight is 325 g/mol. The molecule has 2 N–H and O–H groups in total. The van der Waals surface area contributed by atoms with Crippen molar-refractivity contribution in [2.75, 3.05) is 11.6 Å². The summed E-state index contributed by atoms with van der Waals surface area (Å²) >= 11 is 6.93. The molecular weight excluding hydrogens is 312 g/mol. The first kappa shape index (κ1) is 16.2. The van der Waals surface area contributed by atoms with Crippen molar-refractivity contribution >= 4 is 39.1 Å². The zero-order valence-electron chi connectivity index (χ0n) is 10.1. The number of hydrogen-bond acceptors (Lipinski definition) is 5. The van der Waals surface area contributed by atoms with Crippen molar-refractivity contribution < 1.29 is 13.3 Å². The molecule has 0 aliphatic rings. The van der Waals surface area contributed by atoms with Crippen molar-refractivity contribution in [3.8, 4) is 0 Å². The highest BCUT2D eigenvalue weighted by atomic mass is 35.5. The number of halogens is 1. The van der Waals surface area contributed by atoms with Crippen molar-refractivity contribution in [2.24, 2.45) is 11.1 Å². The van der Waals surface area contributed by atoms with Gasteiger partial charge < -0.3 is 0 Å². The van der Waals surface area contributed by atoms with E-state index in [2.05, 4.69) is 0 Å². The summed E-state index contributed by atoms with van der Waals surface area (Å²) in [5.41, 5.74) is -0.265. The number of nitrogens with zero attached hydrogens (tertiary/aromatic N) is 1. The van der Waals surface area contributed by atoms with Gasteiger partial charge >= 0.3 is 0 Å². The Morgan fingerprint density at radius 3 is 2.63 bits per heavy atom. The van der Waals surface area contributed by atoms with Crippen LogP contribution in [0.25, 0.3) is 0 Å². The zero-order valence-corrected chi connectivity index (χ0v) is 12.5. The van der Waals surface area contributed by atoms with Gasteiger partial charge in [0.2, 0.25) is 10.0 Å². The van der Waals surface area contributed by atoms with Gasteiger partial charge in [-0.3, -0.25) is 10.1 Å². The largest absolute Gasteiger partial charge is 0.284 e. The number of primary sulfonamides is 1. The van der Waals surface area contributed by atoms with Crippen LogP contribution in [0.5, 0.6) is 0 Å². The smallest absolute Gasteiger partial charge is 0.258 e. The highest BCUT2D eigenvalue weighted by molar-refractivity contribution is 7.99. The normalized spacial score (nSPS) is 13.2. The fourth-order valence-corrected chi connectivity index (χ4v) is 3.02. The van der Waals surface area contributed by atoms with Crippen LogP contribution < -0.4 is 5.14 Å². The number of hydrogen-bond donors (Lipinski definition) is 1. The number of nitro benzene ring substituents is 1. The van der Waals surface area contributed by atoms with Crippen LogP contribution in [0.4, 0.5) is 5.69 Å². The van der Waals surface area contributed by atoms with Gasteiger partial charge in [-0.2, -0.15) is 0 Å². The summed E-state index contributed by atoms with van der Waals surface area (Å²) in [5.74, 6) is 1.26. The van der Waals surface area contributed by atoms with E-state index in [1.165, 1.54) is 23.9 Å². The van der Waals surface area contributed by atoms with E-state index in [9.17, 15) is 18.5 Å². The molecule has 6 nitrogen and oxygen atoms in total. The maximum absolute atomic E-state index is 11.2. The fraction of sp³-hybridized carbons (Fsp3) is 0.400. The number of sulfonamides is 1. The molecule has 0 heterocycles. The van der Waals surface area contributed by atoms with Crippen molar-refractivity contribution in [3.63, 3.8) is 0 Å². The Bertz CT molecular complexity index is 577. The molecule has 0 radical (unpaired) electrons. The summed E-state index contributed by atoms with van der Waals surface area (Å²) in [7, 11) is -3.95. The molecule has 9 heteroatoms. The molecule has 0 fully saturated rings. The average Bonchev–Trinajstić information content (AvgIpc) is 2.34. The summed E-state index contributed by atoms with van der Waals surface area (Å²) in [5, 5.41) is 15.9. The van der Waals surface area contributed by atoms with Gasteiger partial charge in [0.25, 0.3) is 5.69 Å². The molecule has 0 aliphatic heterocycles. The van der Waals surface area contributed by atoms with E-state index in [4.69, 9.17) is 16.7 Å². The molecule has 1 rings (SSSR count). The van der Waals surface area contributed by atoms with Gasteiger partial charge in [-0.05, 0) is 18.1 Å². The first-order valence-electron chi connectivity index (χ1n) is 5.25. The molecule has 19 heavy (non-hydrogen) atoms. The molecule has 0 saturated carbocycles. The number of nitrogens with two attached hydrogens (primary N) is 1. The lowest BCUT2D eigenvalue weighted by molar-refractivity contribution is -0.388. The number of nitro groups is 1. The molecule has 1 atom stereocenters. The minimum atomic E-state index is -3.95. The number of thioether (sulfide) groups is 1. The zero-order chi connectivity index (χ0) is 14.6. The predicted octanol–water partition coefficient (Wildman–Crippen LogP) is 2.21. The lowest BCUT2D eigenvalue weighted by Crippen LogP contribution is -2.12. The minimum absolute atomic E-state index is 0.198. The third-order valence-electron chi connectivity index (χ3n) is 2.24. The highest BCUT2D eigenvalue weighted by Gasteiger charge is 2.19. The van der Waals surface area contributed by atoms with Gasteiger partial charge in [0.15, 0.2) is 0 Å². The Morgan fingerprint density at radius 2 is 2.16 bits per heavy atom. The minimum Gasteiger partial charge on any atom is -0.258 e. The van der Waals surface area contributed by atoms with Crippen LogP contribution in [0.15, 0.2) is 28.0 Å². The third-order valence-corrected chi connectivity index (χ3v) is 5.07. The van der Waals surface area contributed by atoms with Crippen LogP contribution in [0.2, 0.25) is 0 Å². The maximum atomic E-state index is 11.2. The molecular formula is C10H13ClN2O4S2. The van der Waals surface area contributed by atoms with E-state index < -0.39 is 14.9 Å². The van der Waals surface area contributed by atoms with Gasteiger partial charge in [0.05, 0.1) is 14.7 Å². The predicted molar refractivity (Wildman–Crippen MR) is 75.1 cm³/mol. The molecule has 1 unspecified atom stereocenters. The van der Waals surface area contributed by atoms with E-state index >= 15 is 0 Å². The summed E-state index contributed by atoms with van der Waals surface area (Å²) < 4.78 is 22.3. The van der Waals surface area contributed by atoms with E-state index in [-0.39, 0.29) is 16.5 Å². The van der Waals surface area contributed by atoms with Crippen molar-refractivity contribution in [2.45, 2.75) is 16.7 Å². The van der Waals surface area contributed by atoms with Gasteiger partial charge in [0.1, 0.15) is 0 Å². The second-order valence-electron chi connectivity index (χ2n) is 4.00. The maximum Gasteiger partial charge on any atom is 0.284 e. The molecule has 0 aliphatic carbocycles. The van der Waals surface area contributed by atoms with Crippen molar-refractivity contribution in [1.29, 1.82) is 0 Å². The Hall–Kier alpha value is -0.830. The topological polar surface area (TPSA) is 103 Å². The van der Waals surface area contributed by atoms with E-state index in [1.807, 2.05) is 6.92 Å². The van der Waals surface area contributed by atoms with Gasteiger partial charge in [-0.15, -0.1) is 23.4 Å². The summed E-state index contributed by atoms with van der Waals surface area (Å²) in [6.07, 6.45) is 0. The van der Waals surface area contributed by atoms with Crippen LogP contribution >= 0.6 is 23.4 Å². The number of benzene rings is 1. The molecule has 1 aromatic carbocycles. The molecule has 106 valence electrons. The van der Waals surface area contributed by atoms with Gasteiger partial charge in [-0.1, -0.05) is 6.92 Å². The highest BCUT2D eigenvalue weighted by Crippen LogP contribution is 2.32. The summed E-state index contributed by atoms with van der Waals surface area (Å²) in [6.45, 7) is 1.92. The molecule has 0 saturated heterocycles. The van der Waals surface area contributed by atoms with Gasteiger partial charge in [0, 0.05) is 17.7 Å². The number of rotatable bonds is 6. The van der Waals surface area contributed by atoms with E-state index in [0.29, 0.717) is 16.5 Å². The van der Waals surface area contributed by atoms with Crippen molar-refractivity contribution in [3.05, 3.63) is 28.3 Å². The van der Waals surface area contributed by atoms with Crippen LogP contribution in [0.3, 0.4) is 0 Å². The summed E-state index contributed by atoms with van der Waals surface area (Å²) in [4.78, 5) is 10.5. The summed E-state index contributed by atoms with van der Waals surface area (Å²) in [6, 6.07) is 3.63. The molecule has 0 bridgehead atoms. The van der Waals surface area contributed by atoms with Crippen molar-refractivity contribution in [1.82, 2.24) is 0 Å². The first-order chi connectivity index (χ1) is 8.75. The van der Waals surface area contributed by atoms with Crippen LogP contribution in [0.1, 0.15) is 6.92 Å². The molecule has 0 aromatic heterocycles. The fourth-order valence-electron chi connectivity index (χ4n) is 1.22. The van der Waals surface area contributed by atoms with Crippen LogP contribution in [0, 0.1) is 16.0 Å². The Kier molecular flexibility index (Phi) is 5.60. The molecule has 1 aromatic rings. The Morgan fingerprint density at radius 1 is 1.53 bits per heavy atom. The monoisotopic (exact) mass is 324 g/mol. The SMILES string of the molecule is CC(CCl)CSc1ccc(S(N)(=O)=O)cc1[N+](=O)[O-]. The second kappa shape index (κ2) is 6.56. The molecule has 0 amide bonds. The van der Waals surface area contributed by atoms with E-state index in [0.717, 1.165) is 6.07 Å². The second-order valence-corrected chi connectivity index (χ2v) is 6.93. The van der Waals surface area contributed by atoms with Crippen LogP contribution in [-0.4, -0.2) is 25.0 Å². The quantitative estimate of drug-likeness (QED) is 0.374. The number of alkyl halides is 1. The third kappa shape index (κ3) is 4.64. The lowest BCUT2D eigenvalue weighted by atomic mass is 10.3. The standard InChI is InChI=1S/C10H13ClN2O4S2/c1-7(5-11)6-18-10-3-2-8(19(12,16)17)4-9(10)13(14)15/h2-4,7H,5-6H2,1H3,(H2,12,16,17). The molecule has 0 spiro atoms. The van der Waals surface area contributed by atoms with Gasteiger partial charge in [-0.25, -0.2) is 13.6 Å². The van der Waals surface area contributed by atoms with E-state index in [1.54, 1.807) is 0 Å². The first-order valence-corrected chi connectivity index (χ1v) is 8.32. The Labute approximate surface area is 120 Å². The lowest BCUT2D eigenvalue weighted by Gasteiger charge is -2.08. The Balaban J connectivity index is 3.09.